The molecular weight excluding hydrogens is 212 g/mol. The lowest BCUT2D eigenvalue weighted by molar-refractivity contribution is 0.530. The van der Waals surface area contributed by atoms with Gasteiger partial charge in [-0.25, -0.2) is 4.98 Å². The summed E-state index contributed by atoms with van der Waals surface area (Å²) in [5.41, 5.74) is 5.28. The van der Waals surface area contributed by atoms with E-state index >= 15 is 0 Å². The first-order valence-electron chi connectivity index (χ1n) is 5.69. The second-order valence-corrected chi connectivity index (χ2v) is 4.29. The molecule has 0 radical (unpaired) electrons. The highest BCUT2D eigenvalue weighted by atomic mass is 15.2. The van der Waals surface area contributed by atoms with Crippen LogP contribution in [-0.4, -0.2) is 9.55 Å². The molecule has 0 amide bonds. The third kappa shape index (κ3) is 2.72. The van der Waals surface area contributed by atoms with E-state index in [4.69, 9.17) is 5.84 Å². The first-order chi connectivity index (χ1) is 8.20. The van der Waals surface area contributed by atoms with E-state index < -0.39 is 0 Å². The first-order valence-corrected chi connectivity index (χ1v) is 5.69. The topological polar surface area (TPSA) is 55.9 Å². The minimum absolute atomic E-state index is 0.0942. The Hall–Kier alpha value is -1.65. The van der Waals surface area contributed by atoms with Crippen LogP contribution in [0.2, 0.25) is 0 Å². The van der Waals surface area contributed by atoms with E-state index in [0.717, 1.165) is 12.2 Å². The number of nitrogens with two attached hydrogens (primary N) is 1. The molecule has 0 fully saturated rings. The third-order valence-corrected chi connectivity index (χ3v) is 2.99. The van der Waals surface area contributed by atoms with E-state index in [1.165, 1.54) is 11.1 Å². The van der Waals surface area contributed by atoms with Crippen molar-refractivity contribution in [3.05, 3.63) is 53.6 Å². The number of hydrogen-bond donors (Lipinski definition) is 2. The van der Waals surface area contributed by atoms with Gasteiger partial charge in [-0.3, -0.25) is 11.3 Å². The Morgan fingerprint density at radius 3 is 2.59 bits per heavy atom. The molecule has 1 atom stereocenters. The molecule has 3 N–H and O–H groups in total. The molecule has 1 aromatic carbocycles. The Morgan fingerprint density at radius 1 is 1.35 bits per heavy atom. The van der Waals surface area contributed by atoms with Crippen molar-refractivity contribution >= 4 is 0 Å². The molecule has 2 rings (SSSR count). The van der Waals surface area contributed by atoms with Crippen LogP contribution in [0.4, 0.5) is 0 Å². The minimum Gasteiger partial charge on any atom is -0.338 e. The van der Waals surface area contributed by atoms with Gasteiger partial charge in [0.15, 0.2) is 0 Å². The Labute approximate surface area is 101 Å². The van der Waals surface area contributed by atoms with Crippen LogP contribution in [0.3, 0.4) is 0 Å². The SMILES string of the molecule is Cc1ccc(C(Cc2nccn2C)NN)cc1. The zero-order valence-corrected chi connectivity index (χ0v) is 10.2. The molecule has 17 heavy (non-hydrogen) atoms. The van der Waals surface area contributed by atoms with Gasteiger partial charge in [-0.1, -0.05) is 29.8 Å². The van der Waals surface area contributed by atoms with Crippen molar-refractivity contribution in [2.45, 2.75) is 19.4 Å². The lowest BCUT2D eigenvalue weighted by Crippen LogP contribution is -2.30. The van der Waals surface area contributed by atoms with Gasteiger partial charge in [0.1, 0.15) is 5.82 Å². The summed E-state index contributed by atoms with van der Waals surface area (Å²) in [6.07, 6.45) is 4.53. The Bertz CT molecular complexity index is 472. The maximum absolute atomic E-state index is 5.62. The van der Waals surface area contributed by atoms with Gasteiger partial charge in [0.25, 0.3) is 0 Å². The second kappa shape index (κ2) is 5.12. The average molecular weight is 230 g/mol. The molecule has 0 bridgehead atoms. The molecular formula is C13H18N4. The Morgan fingerprint density at radius 2 is 2.06 bits per heavy atom. The van der Waals surface area contributed by atoms with Gasteiger partial charge in [-0.15, -0.1) is 0 Å². The van der Waals surface area contributed by atoms with Crippen LogP contribution in [0.25, 0.3) is 0 Å². The van der Waals surface area contributed by atoms with E-state index in [9.17, 15) is 0 Å². The zero-order chi connectivity index (χ0) is 12.3. The van der Waals surface area contributed by atoms with E-state index in [2.05, 4.69) is 41.6 Å². The fourth-order valence-corrected chi connectivity index (χ4v) is 1.85. The number of nitrogens with zero attached hydrogens (tertiary/aromatic N) is 2. The van der Waals surface area contributed by atoms with Crippen molar-refractivity contribution in [2.24, 2.45) is 12.9 Å². The highest BCUT2D eigenvalue weighted by Gasteiger charge is 2.12. The Balaban J connectivity index is 2.17. The number of imidazole rings is 1. The number of aromatic nitrogens is 2. The third-order valence-electron chi connectivity index (χ3n) is 2.99. The van der Waals surface area contributed by atoms with E-state index in [1.54, 1.807) is 6.20 Å². The number of benzene rings is 1. The molecule has 0 aliphatic rings. The summed E-state index contributed by atoms with van der Waals surface area (Å²) in [5.74, 6) is 6.64. The summed E-state index contributed by atoms with van der Waals surface area (Å²) in [4.78, 5) is 4.31. The smallest absolute Gasteiger partial charge is 0.110 e. The molecule has 1 heterocycles. The molecule has 0 spiro atoms. The second-order valence-electron chi connectivity index (χ2n) is 4.29. The standard InChI is InChI=1S/C13H18N4/c1-10-3-5-11(6-4-10)12(16-14)9-13-15-7-8-17(13)2/h3-8,12,16H,9,14H2,1-2H3. The van der Waals surface area contributed by atoms with E-state index in [1.807, 2.05) is 17.8 Å². The van der Waals surface area contributed by atoms with Gasteiger partial charge in [-0.05, 0) is 12.5 Å². The molecule has 1 unspecified atom stereocenters. The van der Waals surface area contributed by atoms with Gasteiger partial charge in [0, 0.05) is 25.9 Å². The monoisotopic (exact) mass is 230 g/mol. The molecule has 0 aliphatic carbocycles. The molecule has 0 saturated carbocycles. The highest BCUT2D eigenvalue weighted by Crippen LogP contribution is 2.17. The lowest BCUT2D eigenvalue weighted by Gasteiger charge is -2.16. The zero-order valence-electron chi connectivity index (χ0n) is 10.2. The minimum atomic E-state index is 0.0942. The van der Waals surface area contributed by atoms with Crippen molar-refractivity contribution in [3.8, 4) is 0 Å². The summed E-state index contributed by atoms with van der Waals surface area (Å²) in [6, 6.07) is 8.48. The van der Waals surface area contributed by atoms with E-state index in [0.29, 0.717) is 0 Å². The van der Waals surface area contributed by atoms with Gasteiger partial charge < -0.3 is 4.57 Å². The fourth-order valence-electron chi connectivity index (χ4n) is 1.85. The number of hydrazine groups is 1. The van der Waals surface area contributed by atoms with Crippen LogP contribution in [0.1, 0.15) is 23.0 Å². The summed E-state index contributed by atoms with van der Waals surface area (Å²) in [5, 5.41) is 0. The summed E-state index contributed by atoms with van der Waals surface area (Å²) < 4.78 is 2.01. The number of aryl methyl sites for hydroxylation is 2. The summed E-state index contributed by atoms with van der Waals surface area (Å²) in [7, 11) is 1.99. The summed E-state index contributed by atoms with van der Waals surface area (Å²) >= 11 is 0. The van der Waals surface area contributed by atoms with Gasteiger partial charge in [-0.2, -0.15) is 0 Å². The molecule has 0 aliphatic heterocycles. The van der Waals surface area contributed by atoms with Gasteiger partial charge in [0.05, 0.1) is 6.04 Å². The maximum atomic E-state index is 5.62. The van der Waals surface area contributed by atoms with Crippen LogP contribution < -0.4 is 11.3 Å². The van der Waals surface area contributed by atoms with Crippen LogP contribution >= 0.6 is 0 Å². The molecule has 90 valence electrons. The van der Waals surface area contributed by atoms with Crippen LogP contribution in [0.15, 0.2) is 36.7 Å². The van der Waals surface area contributed by atoms with Crippen LogP contribution in [0, 0.1) is 6.92 Å². The molecule has 4 nitrogen and oxygen atoms in total. The van der Waals surface area contributed by atoms with Crippen molar-refractivity contribution in [3.63, 3.8) is 0 Å². The van der Waals surface area contributed by atoms with E-state index in [-0.39, 0.29) is 6.04 Å². The average Bonchev–Trinajstić information content (AvgIpc) is 2.73. The predicted octanol–water partition coefficient (Wildman–Crippen LogP) is 1.48. The normalized spacial score (nSPS) is 12.6. The quantitative estimate of drug-likeness (QED) is 0.618. The molecule has 1 aromatic heterocycles. The highest BCUT2D eigenvalue weighted by molar-refractivity contribution is 5.24. The maximum Gasteiger partial charge on any atom is 0.110 e. The van der Waals surface area contributed by atoms with Crippen LogP contribution in [0.5, 0.6) is 0 Å². The molecule has 2 aromatic rings. The van der Waals surface area contributed by atoms with Gasteiger partial charge in [0.2, 0.25) is 0 Å². The lowest BCUT2D eigenvalue weighted by atomic mass is 10.0. The predicted molar refractivity (Wildman–Crippen MR) is 68.2 cm³/mol. The number of hydrogen-bond acceptors (Lipinski definition) is 3. The number of rotatable bonds is 4. The van der Waals surface area contributed by atoms with Crippen molar-refractivity contribution in [1.29, 1.82) is 0 Å². The fraction of sp³-hybridized carbons (Fsp3) is 0.308. The molecule has 4 heteroatoms. The molecule has 0 saturated heterocycles. The number of nitrogens with one attached hydrogen (secondary N) is 1. The van der Waals surface area contributed by atoms with Crippen molar-refractivity contribution in [2.75, 3.05) is 0 Å². The van der Waals surface area contributed by atoms with Crippen molar-refractivity contribution < 1.29 is 0 Å². The Kier molecular flexibility index (Phi) is 3.56. The van der Waals surface area contributed by atoms with Gasteiger partial charge >= 0.3 is 0 Å². The first kappa shape index (κ1) is 11.8. The van der Waals surface area contributed by atoms with Crippen LogP contribution in [-0.2, 0) is 13.5 Å². The summed E-state index contributed by atoms with van der Waals surface area (Å²) in [6.45, 7) is 2.08. The largest absolute Gasteiger partial charge is 0.338 e. The van der Waals surface area contributed by atoms with Crippen molar-refractivity contribution in [1.82, 2.24) is 15.0 Å².